The predicted molar refractivity (Wildman–Crippen MR) is 170 cm³/mol. The van der Waals surface area contributed by atoms with Crippen LogP contribution in [0.2, 0.25) is 0 Å². The van der Waals surface area contributed by atoms with Gasteiger partial charge < -0.3 is 99.2 Å². The van der Waals surface area contributed by atoms with Crippen LogP contribution in [0.5, 0.6) is 11.5 Å². The Morgan fingerprint density at radius 3 is 1.89 bits per heavy atom. The van der Waals surface area contributed by atoms with Crippen molar-refractivity contribution in [1.82, 2.24) is 0 Å². The SMILES string of the molecule is COc1cc(C2=C(OC3OC(CO)C(O)C(O)C3OC3OC(CO)C(O)C3O)C=C3C(OC4OC(CO)C(O)C(O)C4O)=CC(O)=CC3O2)ccc1O. The first-order valence-corrected chi connectivity index (χ1v) is 16.5. The molecule has 6 rings (SSSR count). The minimum Gasteiger partial charge on any atom is -0.508 e. The van der Waals surface area contributed by atoms with E-state index in [1.54, 1.807) is 0 Å². The van der Waals surface area contributed by atoms with Crippen molar-refractivity contribution in [3.63, 3.8) is 0 Å². The Labute approximate surface area is 300 Å². The van der Waals surface area contributed by atoms with Gasteiger partial charge in [0.05, 0.1) is 26.9 Å². The zero-order chi connectivity index (χ0) is 38.3. The van der Waals surface area contributed by atoms with Crippen LogP contribution < -0.4 is 4.74 Å². The molecule has 3 saturated heterocycles. The lowest BCUT2D eigenvalue weighted by Crippen LogP contribution is -2.61. The Hall–Kier alpha value is -3.58. The molecule has 0 amide bonds. The number of phenolic OH excluding ortho intramolecular Hbond substituents is 1. The third-order valence-electron chi connectivity index (χ3n) is 9.34. The highest BCUT2D eigenvalue weighted by Gasteiger charge is 2.52. The molecule has 0 spiro atoms. The molecular weight excluding hydrogens is 716 g/mol. The minimum absolute atomic E-state index is 0.0136. The number of rotatable bonds is 11. The van der Waals surface area contributed by atoms with E-state index in [4.69, 9.17) is 37.9 Å². The van der Waals surface area contributed by atoms with E-state index in [0.29, 0.717) is 0 Å². The first-order valence-electron chi connectivity index (χ1n) is 16.5. The van der Waals surface area contributed by atoms with E-state index >= 15 is 0 Å². The van der Waals surface area contributed by atoms with Crippen LogP contribution in [-0.2, 0) is 33.2 Å². The minimum atomic E-state index is -1.87. The Kier molecular flexibility index (Phi) is 11.8. The van der Waals surface area contributed by atoms with Gasteiger partial charge in [0.1, 0.15) is 78.7 Å². The lowest BCUT2D eigenvalue weighted by atomic mass is 9.96. The Morgan fingerprint density at radius 1 is 0.660 bits per heavy atom. The zero-order valence-corrected chi connectivity index (χ0v) is 27.9. The summed E-state index contributed by atoms with van der Waals surface area (Å²) in [5.41, 5.74) is 0.320. The summed E-state index contributed by atoms with van der Waals surface area (Å²) in [5.74, 6) is -1.10. The van der Waals surface area contributed by atoms with E-state index in [1.807, 2.05) is 0 Å². The molecule has 20 heteroatoms. The van der Waals surface area contributed by atoms with Gasteiger partial charge in [-0.05, 0) is 24.3 Å². The van der Waals surface area contributed by atoms with Crippen LogP contribution in [0.15, 0.2) is 59.3 Å². The van der Waals surface area contributed by atoms with Crippen molar-refractivity contribution >= 4 is 5.76 Å². The molecule has 1 aliphatic carbocycles. The number of fused-ring (bicyclic) bond motifs is 1. The molecule has 0 aromatic heterocycles. The molecule has 0 bridgehead atoms. The second-order valence-corrected chi connectivity index (χ2v) is 12.8. The van der Waals surface area contributed by atoms with E-state index in [0.717, 1.165) is 6.08 Å². The first kappa shape index (κ1) is 39.1. The van der Waals surface area contributed by atoms with Crippen LogP contribution >= 0.6 is 0 Å². The number of allylic oxidation sites excluding steroid dienone is 2. The highest BCUT2D eigenvalue weighted by atomic mass is 16.8. The summed E-state index contributed by atoms with van der Waals surface area (Å²) in [6.45, 7) is -2.24. The molecule has 0 radical (unpaired) electrons. The number of hydrogen-bond donors (Lipinski definition) is 12. The molecule has 20 nitrogen and oxygen atoms in total. The maximum Gasteiger partial charge on any atom is 0.229 e. The van der Waals surface area contributed by atoms with Crippen LogP contribution in [0.4, 0.5) is 0 Å². The first-order chi connectivity index (χ1) is 25.3. The maximum atomic E-state index is 11.1. The van der Waals surface area contributed by atoms with Crippen molar-refractivity contribution in [2.45, 2.75) is 92.1 Å². The molecular formula is C33H42O20. The number of benzene rings is 1. The second-order valence-electron chi connectivity index (χ2n) is 12.8. The molecule has 15 atom stereocenters. The molecule has 4 heterocycles. The number of ether oxygens (including phenoxy) is 8. The van der Waals surface area contributed by atoms with Gasteiger partial charge >= 0.3 is 0 Å². The highest BCUT2D eigenvalue weighted by Crippen LogP contribution is 2.42. The molecule has 1 aromatic rings. The van der Waals surface area contributed by atoms with Crippen molar-refractivity contribution in [2.24, 2.45) is 0 Å². The van der Waals surface area contributed by atoms with Crippen LogP contribution in [0.25, 0.3) is 5.76 Å². The van der Waals surface area contributed by atoms with Gasteiger partial charge in [0.25, 0.3) is 0 Å². The molecule has 5 aliphatic rings. The maximum absolute atomic E-state index is 11.1. The van der Waals surface area contributed by atoms with Crippen LogP contribution in [0.1, 0.15) is 5.56 Å². The predicted octanol–water partition coefficient (Wildman–Crippen LogP) is -4.17. The van der Waals surface area contributed by atoms with E-state index in [1.165, 1.54) is 37.5 Å². The molecule has 53 heavy (non-hydrogen) atoms. The van der Waals surface area contributed by atoms with Crippen molar-refractivity contribution in [2.75, 3.05) is 26.9 Å². The number of phenols is 1. The van der Waals surface area contributed by atoms with E-state index in [9.17, 15) is 61.3 Å². The number of methoxy groups -OCH3 is 1. The Morgan fingerprint density at radius 2 is 1.25 bits per heavy atom. The van der Waals surface area contributed by atoms with Crippen LogP contribution in [-0.4, -0.2) is 180 Å². The summed E-state index contributed by atoms with van der Waals surface area (Å²) in [5, 5.41) is 124. The fourth-order valence-corrected chi connectivity index (χ4v) is 6.36. The highest BCUT2D eigenvalue weighted by molar-refractivity contribution is 5.70. The van der Waals surface area contributed by atoms with Crippen molar-refractivity contribution < 1.29 is 99.2 Å². The third kappa shape index (κ3) is 7.57. The fraction of sp³-hybridized carbons (Fsp3) is 0.576. The molecule has 294 valence electrons. The average Bonchev–Trinajstić information content (AvgIpc) is 3.42. The molecule has 12 N–H and O–H groups in total. The van der Waals surface area contributed by atoms with Gasteiger partial charge in [-0.3, -0.25) is 0 Å². The van der Waals surface area contributed by atoms with Crippen molar-refractivity contribution in [3.8, 4) is 11.5 Å². The molecule has 0 saturated carbocycles. The van der Waals surface area contributed by atoms with E-state index in [2.05, 4.69) is 0 Å². The Balaban J connectivity index is 1.40. The number of aromatic hydroxyl groups is 1. The fourth-order valence-electron chi connectivity index (χ4n) is 6.36. The normalized spacial score (nSPS) is 40.1. The molecule has 1 aromatic carbocycles. The van der Waals surface area contributed by atoms with Gasteiger partial charge in [0, 0.05) is 23.3 Å². The van der Waals surface area contributed by atoms with Crippen molar-refractivity contribution in [1.29, 1.82) is 0 Å². The largest absolute Gasteiger partial charge is 0.508 e. The summed E-state index contributed by atoms with van der Waals surface area (Å²) in [6.07, 6.45) is -20.5. The average molecular weight is 759 g/mol. The number of aliphatic hydroxyl groups excluding tert-OH is 11. The molecule has 3 fully saturated rings. The van der Waals surface area contributed by atoms with E-state index in [-0.39, 0.29) is 45.7 Å². The summed E-state index contributed by atoms with van der Waals surface area (Å²) >= 11 is 0. The monoisotopic (exact) mass is 758 g/mol. The number of aliphatic hydroxyl groups is 11. The van der Waals surface area contributed by atoms with Gasteiger partial charge in [-0.15, -0.1) is 0 Å². The Bertz CT molecular complexity index is 1590. The van der Waals surface area contributed by atoms with E-state index < -0.39 is 112 Å². The molecule has 4 aliphatic heterocycles. The topological polar surface area (TPSA) is 317 Å². The summed E-state index contributed by atoms with van der Waals surface area (Å²) in [6, 6.07) is 4.09. The third-order valence-corrected chi connectivity index (χ3v) is 9.34. The standard InChI is InChI=1S/C33H42O20/c1-46-17-4-11(2-3-14(17)38)29-18(49-33-30(26(43)23(40)20(9-35)52-33)53-32-27(44)24(41)21(10-36)51-32)7-13-15(47-29)5-12(37)6-16(13)48-31-28(45)25(42)22(39)19(8-34)50-31/h2-7,15,19-28,30-45H,8-10H2,1H3. The summed E-state index contributed by atoms with van der Waals surface area (Å²) < 4.78 is 46.1. The zero-order valence-electron chi connectivity index (χ0n) is 27.9. The van der Waals surface area contributed by atoms with Gasteiger partial charge in [-0.1, -0.05) is 0 Å². The van der Waals surface area contributed by atoms with Gasteiger partial charge in [0.2, 0.25) is 12.6 Å². The molecule has 15 unspecified atom stereocenters. The smallest absolute Gasteiger partial charge is 0.229 e. The quantitative estimate of drug-likeness (QED) is 0.102. The number of hydrogen-bond acceptors (Lipinski definition) is 20. The second kappa shape index (κ2) is 16.0. The lowest BCUT2D eigenvalue weighted by molar-refractivity contribution is -0.330. The summed E-state index contributed by atoms with van der Waals surface area (Å²) in [4.78, 5) is 0. The lowest BCUT2D eigenvalue weighted by Gasteiger charge is -2.43. The van der Waals surface area contributed by atoms with Gasteiger partial charge in [0.15, 0.2) is 35.4 Å². The van der Waals surface area contributed by atoms with Gasteiger partial charge in [-0.25, -0.2) is 0 Å². The summed E-state index contributed by atoms with van der Waals surface area (Å²) in [7, 11) is 1.30. The van der Waals surface area contributed by atoms with Gasteiger partial charge in [-0.2, -0.15) is 0 Å². The van der Waals surface area contributed by atoms with Crippen LogP contribution in [0.3, 0.4) is 0 Å². The van der Waals surface area contributed by atoms with Crippen LogP contribution in [0, 0.1) is 0 Å². The van der Waals surface area contributed by atoms with Crippen molar-refractivity contribution in [3.05, 3.63) is 64.8 Å².